The van der Waals surface area contributed by atoms with Crippen LogP contribution in [-0.2, 0) is 11.2 Å². The van der Waals surface area contributed by atoms with Gasteiger partial charge in [-0.25, -0.2) is 0 Å². The van der Waals surface area contributed by atoms with Crippen molar-refractivity contribution in [2.45, 2.75) is 76.0 Å². The molecule has 1 heterocycles. The molecule has 3 heteroatoms. The first-order chi connectivity index (χ1) is 10.7. The summed E-state index contributed by atoms with van der Waals surface area (Å²) < 4.78 is 6.12. The number of aryl methyl sites for hydroxylation is 1. The van der Waals surface area contributed by atoms with Crippen molar-refractivity contribution in [3.63, 3.8) is 0 Å². The zero-order valence-corrected chi connectivity index (χ0v) is 13.7. The van der Waals surface area contributed by atoms with Gasteiger partial charge in [0.15, 0.2) is 0 Å². The first kappa shape index (κ1) is 15.8. The lowest BCUT2D eigenvalue weighted by molar-refractivity contribution is -0.0846. The number of rotatable bonds is 5. The number of hydrogen-bond acceptors (Lipinski definition) is 3. The Morgan fingerprint density at radius 1 is 1.27 bits per heavy atom. The number of nitrogens with one attached hydrogen (secondary N) is 1. The SMILES string of the molecule is CC(CCc1ccc(O)cc1)NC1CCOC2(CCCC2)C1. The van der Waals surface area contributed by atoms with Crippen molar-refractivity contribution in [1.82, 2.24) is 5.32 Å². The second kappa shape index (κ2) is 7.01. The highest BCUT2D eigenvalue weighted by Crippen LogP contribution is 2.40. The van der Waals surface area contributed by atoms with Gasteiger partial charge in [0.1, 0.15) is 5.75 Å². The Labute approximate surface area is 134 Å². The second-order valence-electron chi connectivity index (χ2n) is 7.20. The third-order valence-corrected chi connectivity index (χ3v) is 5.33. The van der Waals surface area contributed by atoms with E-state index in [2.05, 4.69) is 12.2 Å². The fourth-order valence-corrected chi connectivity index (χ4v) is 4.07. The van der Waals surface area contributed by atoms with Crippen molar-refractivity contribution in [2.75, 3.05) is 6.61 Å². The van der Waals surface area contributed by atoms with E-state index in [4.69, 9.17) is 4.74 Å². The molecular weight excluding hydrogens is 274 g/mol. The second-order valence-corrected chi connectivity index (χ2v) is 7.20. The molecule has 0 bridgehead atoms. The van der Waals surface area contributed by atoms with E-state index < -0.39 is 0 Å². The van der Waals surface area contributed by atoms with Crippen molar-refractivity contribution >= 4 is 0 Å². The summed E-state index contributed by atoms with van der Waals surface area (Å²) in [6.45, 7) is 3.21. The van der Waals surface area contributed by atoms with Crippen LogP contribution in [0, 0.1) is 0 Å². The Balaban J connectivity index is 1.45. The van der Waals surface area contributed by atoms with E-state index in [9.17, 15) is 5.11 Å². The lowest BCUT2D eigenvalue weighted by Gasteiger charge is -2.39. The summed E-state index contributed by atoms with van der Waals surface area (Å²) in [6.07, 6.45) is 9.71. The maximum absolute atomic E-state index is 9.33. The van der Waals surface area contributed by atoms with Crippen LogP contribution in [0.5, 0.6) is 5.75 Å². The van der Waals surface area contributed by atoms with E-state index in [0.717, 1.165) is 25.9 Å². The lowest BCUT2D eigenvalue weighted by Crippen LogP contribution is -2.48. The largest absolute Gasteiger partial charge is 0.508 e. The van der Waals surface area contributed by atoms with Crippen LogP contribution in [0.1, 0.15) is 57.4 Å². The van der Waals surface area contributed by atoms with Crippen molar-refractivity contribution in [1.29, 1.82) is 0 Å². The van der Waals surface area contributed by atoms with E-state index in [0.29, 0.717) is 17.8 Å². The summed E-state index contributed by atoms with van der Waals surface area (Å²) in [5, 5.41) is 13.1. The molecule has 2 aliphatic rings. The van der Waals surface area contributed by atoms with Crippen molar-refractivity contribution in [2.24, 2.45) is 0 Å². The number of ether oxygens (including phenoxy) is 1. The molecule has 1 aromatic rings. The molecule has 1 aliphatic carbocycles. The fraction of sp³-hybridized carbons (Fsp3) is 0.684. The summed E-state index contributed by atoms with van der Waals surface area (Å²) in [5.41, 5.74) is 1.50. The van der Waals surface area contributed by atoms with E-state index >= 15 is 0 Å². The van der Waals surface area contributed by atoms with Gasteiger partial charge in [0.2, 0.25) is 0 Å². The highest BCUT2D eigenvalue weighted by molar-refractivity contribution is 5.25. The van der Waals surface area contributed by atoms with Gasteiger partial charge < -0.3 is 15.2 Å². The smallest absolute Gasteiger partial charge is 0.115 e. The molecule has 1 saturated heterocycles. The van der Waals surface area contributed by atoms with Gasteiger partial charge in [0.05, 0.1) is 5.60 Å². The highest BCUT2D eigenvalue weighted by atomic mass is 16.5. The van der Waals surface area contributed by atoms with E-state index in [1.165, 1.54) is 37.7 Å². The van der Waals surface area contributed by atoms with Gasteiger partial charge in [0, 0.05) is 18.7 Å². The van der Waals surface area contributed by atoms with Gasteiger partial charge in [-0.05, 0) is 63.1 Å². The van der Waals surface area contributed by atoms with E-state index in [-0.39, 0.29) is 5.60 Å². The standard InChI is InChI=1S/C19H29NO2/c1-15(4-5-16-6-8-18(21)9-7-16)20-17-10-13-22-19(14-17)11-2-3-12-19/h6-9,15,17,20-21H,2-5,10-14H2,1H3. The summed E-state index contributed by atoms with van der Waals surface area (Å²) in [7, 11) is 0. The first-order valence-electron chi connectivity index (χ1n) is 8.83. The highest BCUT2D eigenvalue weighted by Gasteiger charge is 2.39. The molecule has 0 radical (unpaired) electrons. The molecule has 2 fully saturated rings. The number of hydrogen-bond donors (Lipinski definition) is 2. The lowest BCUT2D eigenvalue weighted by atomic mass is 9.88. The molecule has 2 N–H and O–H groups in total. The van der Waals surface area contributed by atoms with Crippen molar-refractivity contribution < 1.29 is 9.84 Å². The van der Waals surface area contributed by atoms with Crippen LogP contribution in [0.2, 0.25) is 0 Å². The summed E-state index contributed by atoms with van der Waals surface area (Å²) in [6, 6.07) is 8.72. The minimum absolute atomic E-state index is 0.201. The van der Waals surface area contributed by atoms with Gasteiger partial charge in [-0.15, -0.1) is 0 Å². The van der Waals surface area contributed by atoms with E-state index in [1.54, 1.807) is 12.1 Å². The third-order valence-electron chi connectivity index (χ3n) is 5.33. The maximum atomic E-state index is 9.33. The van der Waals surface area contributed by atoms with E-state index in [1.807, 2.05) is 12.1 Å². The monoisotopic (exact) mass is 303 g/mol. The molecule has 122 valence electrons. The molecule has 2 unspecified atom stereocenters. The molecule has 1 aliphatic heterocycles. The van der Waals surface area contributed by atoms with Crippen LogP contribution in [0.3, 0.4) is 0 Å². The molecule has 1 aromatic carbocycles. The third kappa shape index (κ3) is 4.02. The van der Waals surface area contributed by atoms with Crippen molar-refractivity contribution in [3.8, 4) is 5.75 Å². The molecular formula is C19H29NO2. The summed E-state index contributed by atoms with van der Waals surface area (Å²) in [4.78, 5) is 0. The number of phenolic OH excluding ortho intramolecular Hbond substituents is 1. The predicted molar refractivity (Wildman–Crippen MR) is 89.2 cm³/mol. The van der Waals surface area contributed by atoms with Gasteiger partial charge in [-0.3, -0.25) is 0 Å². The Morgan fingerprint density at radius 3 is 2.73 bits per heavy atom. The zero-order chi connectivity index (χ0) is 15.4. The Bertz CT molecular complexity index is 465. The van der Waals surface area contributed by atoms with Gasteiger partial charge in [-0.1, -0.05) is 25.0 Å². The fourth-order valence-electron chi connectivity index (χ4n) is 4.07. The molecule has 2 atom stereocenters. The minimum atomic E-state index is 0.201. The Morgan fingerprint density at radius 2 is 2.00 bits per heavy atom. The van der Waals surface area contributed by atoms with Crippen LogP contribution in [0.25, 0.3) is 0 Å². The summed E-state index contributed by atoms with van der Waals surface area (Å²) in [5.74, 6) is 0.346. The van der Waals surface area contributed by atoms with Gasteiger partial charge in [0.25, 0.3) is 0 Å². The van der Waals surface area contributed by atoms with Crippen LogP contribution in [0.15, 0.2) is 24.3 Å². The molecule has 0 amide bonds. The van der Waals surface area contributed by atoms with Crippen LogP contribution in [0.4, 0.5) is 0 Å². The molecule has 1 saturated carbocycles. The zero-order valence-electron chi connectivity index (χ0n) is 13.7. The quantitative estimate of drug-likeness (QED) is 0.869. The normalized spacial score (nSPS) is 25.4. The van der Waals surface area contributed by atoms with Crippen LogP contribution < -0.4 is 5.32 Å². The van der Waals surface area contributed by atoms with Crippen molar-refractivity contribution in [3.05, 3.63) is 29.8 Å². The predicted octanol–water partition coefficient (Wildman–Crippen LogP) is 3.79. The first-order valence-corrected chi connectivity index (χ1v) is 8.83. The molecule has 3 rings (SSSR count). The number of benzene rings is 1. The molecule has 22 heavy (non-hydrogen) atoms. The summed E-state index contributed by atoms with van der Waals surface area (Å²) >= 11 is 0. The van der Waals surface area contributed by atoms with Gasteiger partial charge in [-0.2, -0.15) is 0 Å². The van der Waals surface area contributed by atoms with Gasteiger partial charge >= 0.3 is 0 Å². The maximum Gasteiger partial charge on any atom is 0.115 e. The molecule has 0 aromatic heterocycles. The average Bonchev–Trinajstić information content (AvgIpc) is 2.94. The minimum Gasteiger partial charge on any atom is -0.508 e. The topological polar surface area (TPSA) is 41.5 Å². The average molecular weight is 303 g/mol. The van der Waals surface area contributed by atoms with Crippen LogP contribution in [-0.4, -0.2) is 29.4 Å². The Hall–Kier alpha value is -1.06. The Kier molecular flexibility index (Phi) is 5.04. The molecule has 1 spiro atoms. The number of phenols is 1. The number of aromatic hydroxyl groups is 1. The van der Waals surface area contributed by atoms with Crippen LogP contribution >= 0.6 is 0 Å². The molecule has 3 nitrogen and oxygen atoms in total.